The van der Waals surface area contributed by atoms with E-state index >= 15 is 0 Å². The van der Waals surface area contributed by atoms with Crippen LogP contribution in [0.15, 0.2) is 24.3 Å². The Bertz CT molecular complexity index is 415. The van der Waals surface area contributed by atoms with Gasteiger partial charge >= 0.3 is 0 Å². The van der Waals surface area contributed by atoms with E-state index in [1.165, 1.54) is 0 Å². The molecule has 0 saturated heterocycles. The van der Waals surface area contributed by atoms with E-state index in [0.29, 0.717) is 0 Å². The Morgan fingerprint density at radius 1 is 1.39 bits per heavy atom. The molecule has 0 heterocycles. The molecule has 3 N–H and O–H groups in total. The Labute approximate surface area is 114 Å². The fourth-order valence-electron chi connectivity index (χ4n) is 1.60. The maximum atomic E-state index is 7.53. The second-order valence-corrected chi connectivity index (χ2v) is 5.78. The van der Waals surface area contributed by atoms with Crippen molar-refractivity contribution in [3.8, 4) is 0 Å². The average molecular weight is 268 g/mol. The van der Waals surface area contributed by atoms with E-state index in [0.717, 1.165) is 30.1 Å². The summed E-state index contributed by atoms with van der Waals surface area (Å²) in [6.45, 7) is 5.70. The van der Waals surface area contributed by atoms with Crippen LogP contribution in [0, 0.1) is 10.8 Å². The number of nitrogens with two attached hydrogens (primary N) is 1. The van der Waals surface area contributed by atoms with E-state index in [2.05, 4.69) is 11.9 Å². The number of hydrogen-bond donors (Lipinski definition) is 2. The van der Waals surface area contributed by atoms with Crippen molar-refractivity contribution in [1.82, 2.24) is 4.90 Å². The van der Waals surface area contributed by atoms with Gasteiger partial charge < -0.3 is 10.6 Å². The minimum Gasteiger partial charge on any atom is -0.387 e. The smallest absolute Gasteiger partial charge is 0.0963 e. The van der Waals surface area contributed by atoms with E-state index in [1.807, 2.05) is 38.1 Å². The van der Waals surface area contributed by atoms with Crippen LogP contribution in [0.4, 0.5) is 0 Å². The van der Waals surface area contributed by atoms with Crippen molar-refractivity contribution >= 4 is 17.4 Å². The van der Waals surface area contributed by atoms with Crippen LogP contribution < -0.4 is 5.73 Å². The molecule has 0 aromatic heterocycles. The number of halogens is 1. The predicted octanol–water partition coefficient (Wildman–Crippen LogP) is 3.12. The molecule has 0 saturated carbocycles. The molecular formula is C14H22ClN3. The molecule has 1 aromatic carbocycles. The summed E-state index contributed by atoms with van der Waals surface area (Å²) in [5, 5.41) is 8.34. The van der Waals surface area contributed by atoms with Gasteiger partial charge in [-0.05, 0) is 31.6 Å². The van der Waals surface area contributed by atoms with E-state index < -0.39 is 0 Å². The number of nitrogens with one attached hydrogen (secondary N) is 1. The highest BCUT2D eigenvalue weighted by atomic mass is 35.5. The van der Waals surface area contributed by atoms with E-state index in [9.17, 15) is 0 Å². The van der Waals surface area contributed by atoms with E-state index in [4.69, 9.17) is 22.7 Å². The highest BCUT2D eigenvalue weighted by Crippen LogP contribution is 2.21. The molecule has 0 bridgehead atoms. The summed E-state index contributed by atoms with van der Waals surface area (Å²) in [6, 6.07) is 7.87. The largest absolute Gasteiger partial charge is 0.387 e. The van der Waals surface area contributed by atoms with Gasteiger partial charge in [0.05, 0.1) is 5.84 Å². The molecule has 0 unspecified atom stereocenters. The third kappa shape index (κ3) is 4.31. The highest BCUT2D eigenvalue weighted by Gasteiger charge is 2.21. The van der Waals surface area contributed by atoms with Crippen LogP contribution in [0.5, 0.6) is 0 Å². The van der Waals surface area contributed by atoms with Crippen molar-refractivity contribution < 1.29 is 0 Å². The summed E-state index contributed by atoms with van der Waals surface area (Å²) in [6.07, 6.45) is 0.864. The van der Waals surface area contributed by atoms with Gasteiger partial charge in [0, 0.05) is 17.0 Å². The minimum absolute atomic E-state index is 0.241. The third-order valence-corrected chi connectivity index (χ3v) is 3.61. The Kier molecular flexibility index (Phi) is 5.17. The first-order valence-corrected chi connectivity index (χ1v) is 6.47. The first-order chi connectivity index (χ1) is 8.33. The molecule has 0 atom stereocenters. The first-order valence-electron chi connectivity index (χ1n) is 6.09. The third-order valence-electron chi connectivity index (χ3n) is 3.25. The summed E-state index contributed by atoms with van der Waals surface area (Å²) in [4.78, 5) is 2.20. The van der Waals surface area contributed by atoms with E-state index in [1.54, 1.807) is 0 Å². The highest BCUT2D eigenvalue weighted by molar-refractivity contribution is 6.31. The molecule has 0 radical (unpaired) electrons. The molecule has 4 heteroatoms. The number of amidine groups is 1. The van der Waals surface area contributed by atoms with Crippen molar-refractivity contribution in [2.75, 3.05) is 13.6 Å². The Morgan fingerprint density at radius 2 is 2.00 bits per heavy atom. The number of nitrogens with zero attached hydrogens (tertiary/aromatic N) is 1. The monoisotopic (exact) mass is 267 g/mol. The topological polar surface area (TPSA) is 53.1 Å². The lowest BCUT2D eigenvalue weighted by Crippen LogP contribution is -2.34. The van der Waals surface area contributed by atoms with Gasteiger partial charge in [-0.1, -0.05) is 43.6 Å². The summed E-state index contributed by atoms with van der Waals surface area (Å²) >= 11 is 6.13. The number of benzene rings is 1. The zero-order chi connectivity index (χ0) is 13.8. The molecule has 1 aromatic rings. The SMILES string of the molecule is CN(CCC(C)(C)C(=N)N)Cc1ccccc1Cl. The molecule has 0 aliphatic rings. The zero-order valence-corrected chi connectivity index (χ0v) is 12.1. The van der Waals surface area contributed by atoms with Crippen LogP contribution in [-0.4, -0.2) is 24.3 Å². The molecule has 100 valence electrons. The van der Waals surface area contributed by atoms with Crippen LogP contribution in [-0.2, 0) is 6.54 Å². The normalized spacial score (nSPS) is 11.8. The Balaban J connectivity index is 2.50. The number of rotatable bonds is 6. The quantitative estimate of drug-likeness (QED) is 0.615. The molecule has 0 amide bonds. The second kappa shape index (κ2) is 6.21. The van der Waals surface area contributed by atoms with Crippen LogP contribution in [0.3, 0.4) is 0 Å². The maximum absolute atomic E-state index is 7.53. The van der Waals surface area contributed by atoms with Crippen LogP contribution in [0.1, 0.15) is 25.8 Å². The fourth-order valence-corrected chi connectivity index (χ4v) is 1.80. The first kappa shape index (κ1) is 15.0. The van der Waals surface area contributed by atoms with E-state index in [-0.39, 0.29) is 11.3 Å². The average Bonchev–Trinajstić information content (AvgIpc) is 2.29. The number of hydrogen-bond acceptors (Lipinski definition) is 2. The van der Waals surface area contributed by atoms with Gasteiger partial charge in [0.25, 0.3) is 0 Å². The standard InChI is InChI=1S/C14H22ClN3/c1-14(2,13(16)17)8-9-18(3)10-11-6-4-5-7-12(11)15/h4-7H,8-10H2,1-3H3,(H3,16,17). The van der Waals surface area contributed by atoms with Gasteiger partial charge in [0.2, 0.25) is 0 Å². The maximum Gasteiger partial charge on any atom is 0.0963 e. The van der Waals surface area contributed by atoms with Gasteiger partial charge in [-0.3, -0.25) is 5.41 Å². The second-order valence-electron chi connectivity index (χ2n) is 5.38. The lowest BCUT2D eigenvalue weighted by atomic mass is 9.88. The summed E-state index contributed by atoms with van der Waals surface area (Å²) in [5.41, 5.74) is 6.46. The van der Waals surface area contributed by atoms with Crippen LogP contribution >= 0.6 is 11.6 Å². The predicted molar refractivity (Wildman–Crippen MR) is 78.1 cm³/mol. The Morgan fingerprint density at radius 3 is 2.56 bits per heavy atom. The van der Waals surface area contributed by atoms with Crippen molar-refractivity contribution in [2.24, 2.45) is 11.1 Å². The minimum atomic E-state index is -0.241. The Hall–Kier alpha value is -1.06. The summed E-state index contributed by atoms with van der Waals surface area (Å²) in [7, 11) is 2.06. The van der Waals surface area contributed by atoms with Crippen molar-refractivity contribution in [1.29, 1.82) is 5.41 Å². The molecule has 0 aliphatic heterocycles. The molecule has 0 fully saturated rings. The lowest BCUT2D eigenvalue weighted by molar-refractivity contribution is 0.284. The van der Waals surface area contributed by atoms with Gasteiger partial charge in [0.1, 0.15) is 0 Å². The lowest BCUT2D eigenvalue weighted by Gasteiger charge is -2.26. The molecule has 3 nitrogen and oxygen atoms in total. The van der Waals surface area contributed by atoms with Gasteiger partial charge in [-0.2, -0.15) is 0 Å². The molecule has 0 spiro atoms. The van der Waals surface area contributed by atoms with Gasteiger partial charge in [-0.25, -0.2) is 0 Å². The molecular weight excluding hydrogens is 246 g/mol. The van der Waals surface area contributed by atoms with Crippen LogP contribution in [0.2, 0.25) is 5.02 Å². The zero-order valence-electron chi connectivity index (χ0n) is 11.3. The fraction of sp³-hybridized carbons (Fsp3) is 0.500. The molecule has 1 rings (SSSR count). The molecule has 0 aliphatic carbocycles. The van der Waals surface area contributed by atoms with Crippen molar-refractivity contribution in [3.05, 3.63) is 34.9 Å². The van der Waals surface area contributed by atoms with Crippen LogP contribution in [0.25, 0.3) is 0 Å². The van der Waals surface area contributed by atoms with Gasteiger partial charge in [-0.15, -0.1) is 0 Å². The summed E-state index contributed by atoms with van der Waals surface area (Å²) in [5.74, 6) is 0.244. The molecule has 18 heavy (non-hydrogen) atoms. The summed E-state index contributed by atoms with van der Waals surface area (Å²) < 4.78 is 0. The van der Waals surface area contributed by atoms with Crippen molar-refractivity contribution in [2.45, 2.75) is 26.8 Å². The van der Waals surface area contributed by atoms with Crippen molar-refractivity contribution in [3.63, 3.8) is 0 Å². The van der Waals surface area contributed by atoms with Gasteiger partial charge in [0.15, 0.2) is 0 Å².